The molecule has 2 aromatic rings. The maximum atomic E-state index is 5.98. The highest BCUT2D eigenvalue weighted by Gasteiger charge is 2.06. The first kappa shape index (κ1) is 15.4. The van der Waals surface area contributed by atoms with Crippen LogP contribution in [0, 0.1) is 20.8 Å². The lowest BCUT2D eigenvalue weighted by atomic mass is 10.1. The number of hydrogen-bond donors (Lipinski definition) is 1. The molecule has 0 spiro atoms. The Morgan fingerprint density at radius 3 is 2.48 bits per heavy atom. The summed E-state index contributed by atoms with van der Waals surface area (Å²) in [5.41, 5.74) is 5.65. The Hall–Kier alpha value is -2.03. The third-order valence-electron chi connectivity index (χ3n) is 3.36. The van der Waals surface area contributed by atoms with E-state index in [1.54, 1.807) is 0 Å². The summed E-state index contributed by atoms with van der Waals surface area (Å²) in [5.74, 6) is 0.967. The van der Waals surface area contributed by atoms with Gasteiger partial charge in [-0.2, -0.15) is 0 Å². The van der Waals surface area contributed by atoms with E-state index in [-0.39, 0.29) is 0 Å². The maximum absolute atomic E-state index is 5.98. The van der Waals surface area contributed by atoms with Gasteiger partial charge in [0.2, 0.25) is 0 Å². The minimum Gasteiger partial charge on any atom is -0.487 e. The average molecular weight is 284 g/mol. The van der Waals surface area contributed by atoms with Crippen LogP contribution >= 0.6 is 0 Å². The lowest BCUT2D eigenvalue weighted by molar-refractivity contribution is 0.297. The van der Waals surface area contributed by atoms with Gasteiger partial charge in [0.15, 0.2) is 0 Å². The summed E-state index contributed by atoms with van der Waals surface area (Å²) in [7, 11) is 0. The van der Waals surface area contributed by atoms with Crippen LogP contribution in [0.2, 0.25) is 0 Å². The number of hydrogen-bond acceptors (Lipinski definition) is 3. The highest BCUT2D eigenvalue weighted by Crippen LogP contribution is 2.25. The number of nitrogens with one attached hydrogen (secondary N) is 1. The standard InChI is InChI=1S/C18H24N2O/c1-5-7-19-16-6-8-20-17(11-16)12-21-18-14(3)9-13(2)10-15(18)4/h6,8-11H,5,7,12H2,1-4H3,(H,19,20). The van der Waals surface area contributed by atoms with E-state index in [9.17, 15) is 0 Å². The summed E-state index contributed by atoms with van der Waals surface area (Å²) in [6.45, 7) is 9.90. The molecule has 1 N–H and O–H groups in total. The number of rotatable bonds is 6. The van der Waals surface area contributed by atoms with Gasteiger partial charge in [-0.25, -0.2) is 0 Å². The molecule has 3 heteroatoms. The van der Waals surface area contributed by atoms with E-state index in [0.29, 0.717) is 6.61 Å². The molecule has 0 saturated carbocycles. The number of nitrogens with zero attached hydrogens (tertiary/aromatic N) is 1. The van der Waals surface area contributed by atoms with Crippen LogP contribution in [0.1, 0.15) is 35.7 Å². The van der Waals surface area contributed by atoms with Crippen molar-refractivity contribution < 1.29 is 4.74 Å². The highest BCUT2D eigenvalue weighted by atomic mass is 16.5. The smallest absolute Gasteiger partial charge is 0.130 e. The SMILES string of the molecule is CCCNc1ccnc(COc2c(C)cc(C)cc2C)c1. The van der Waals surface area contributed by atoms with Gasteiger partial charge in [-0.3, -0.25) is 4.98 Å². The van der Waals surface area contributed by atoms with E-state index < -0.39 is 0 Å². The average Bonchev–Trinajstić information content (AvgIpc) is 2.44. The van der Waals surface area contributed by atoms with Crippen LogP contribution in [0.4, 0.5) is 5.69 Å². The number of pyridine rings is 1. The highest BCUT2D eigenvalue weighted by molar-refractivity contribution is 5.44. The van der Waals surface area contributed by atoms with Crippen molar-refractivity contribution in [1.82, 2.24) is 4.98 Å². The van der Waals surface area contributed by atoms with Crippen molar-refractivity contribution in [2.24, 2.45) is 0 Å². The van der Waals surface area contributed by atoms with Crippen molar-refractivity contribution in [3.05, 3.63) is 52.8 Å². The van der Waals surface area contributed by atoms with Gasteiger partial charge in [0.25, 0.3) is 0 Å². The Morgan fingerprint density at radius 1 is 1.10 bits per heavy atom. The number of ether oxygens (including phenoxy) is 1. The molecule has 1 aromatic heterocycles. The van der Waals surface area contributed by atoms with Crippen molar-refractivity contribution in [1.29, 1.82) is 0 Å². The second kappa shape index (κ2) is 7.11. The topological polar surface area (TPSA) is 34.2 Å². The summed E-state index contributed by atoms with van der Waals surface area (Å²) >= 11 is 0. The molecule has 0 amide bonds. The number of benzene rings is 1. The molecule has 0 radical (unpaired) electrons. The normalized spacial score (nSPS) is 10.5. The molecule has 0 bridgehead atoms. The minimum absolute atomic E-state index is 0.492. The fourth-order valence-corrected chi connectivity index (χ4v) is 2.48. The van der Waals surface area contributed by atoms with E-state index in [1.807, 2.05) is 12.3 Å². The molecule has 1 heterocycles. The third-order valence-corrected chi connectivity index (χ3v) is 3.36. The Balaban J connectivity index is 2.06. The first-order chi connectivity index (χ1) is 10.1. The zero-order chi connectivity index (χ0) is 15.2. The second-order valence-corrected chi connectivity index (χ2v) is 5.48. The summed E-state index contributed by atoms with van der Waals surface area (Å²) < 4.78 is 5.98. The van der Waals surface area contributed by atoms with Crippen molar-refractivity contribution in [2.45, 2.75) is 40.7 Å². The van der Waals surface area contributed by atoms with Gasteiger partial charge in [-0.15, -0.1) is 0 Å². The van der Waals surface area contributed by atoms with Gasteiger partial charge in [-0.1, -0.05) is 24.6 Å². The van der Waals surface area contributed by atoms with Gasteiger partial charge in [0.05, 0.1) is 5.69 Å². The number of aryl methyl sites for hydroxylation is 3. The zero-order valence-electron chi connectivity index (χ0n) is 13.4. The Labute approximate surface area is 127 Å². The van der Waals surface area contributed by atoms with Gasteiger partial charge >= 0.3 is 0 Å². The molecule has 0 atom stereocenters. The van der Waals surface area contributed by atoms with E-state index in [1.165, 1.54) is 16.7 Å². The molecular weight excluding hydrogens is 260 g/mol. The van der Waals surface area contributed by atoms with Crippen molar-refractivity contribution in [2.75, 3.05) is 11.9 Å². The summed E-state index contributed by atoms with van der Waals surface area (Å²) in [6, 6.07) is 8.33. The molecule has 21 heavy (non-hydrogen) atoms. The largest absolute Gasteiger partial charge is 0.487 e. The van der Waals surface area contributed by atoms with Crippen molar-refractivity contribution in [3.63, 3.8) is 0 Å². The van der Waals surface area contributed by atoms with Gasteiger partial charge in [0.1, 0.15) is 12.4 Å². The molecule has 0 unspecified atom stereocenters. The molecule has 1 aromatic carbocycles. The van der Waals surface area contributed by atoms with Crippen LogP contribution in [0.5, 0.6) is 5.75 Å². The molecule has 0 aliphatic carbocycles. The Morgan fingerprint density at radius 2 is 1.81 bits per heavy atom. The van der Waals surface area contributed by atoms with Crippen LogP contribution in [0.3, 0.4) is 0 Å². The summed E-state index contributed by atoms with van der Waals surface area (Å²) in [6.07, 6.45) is 2.93. The number of anilines is 1. The molecule has 112 valence electrons. The van der Waals surface area contributed by atoms with E-state index >= 15 is 0 Å². The van der Waals surface area contributed by atoms with Gasteiger partial charge < -0.3 is 10.1 Å². The first-order valence-electron chi connectivity index (χ1n) is 7.49. The molecule has 0 fully saturated rings. The summed E-state index contributed by atoms with van der Waals surface area (Å²) in [5, 5.41) is 3.37. The molecule has 0 saturated heterocycles. The number of aromatic nitrogens is 1. The molecular formula is C18H24N2O. The van der Waals surface area contributed by atoms with Crippen LogP contribution in [0.15, 0.2) is 30.5 Å². The lowest BCUT2D eigenvalue weighted by Crippen LogP contribution is -2.04. The van der Waals surface area contributed by atoms with Crippen LogP contribution < -0.4 is 10.1 Å². The molecule has 0 aliphatic heterocycles. The van der Waals surface area contributed by atoms with E-state index in [4.69, 9.17) is 4.74 Å². The Bertz CT molecular complexity index is 585. The van der Waals surface area contributed by atoms with Crippen LogP contribution in [0.25, 0.3) is 0 Å². The van der Waals surface area contributed by atoms with E-state index in [2.05, 4.69) is 56.2 Å². The third kappa shape index (κ3) is 4.22. The van der Waals surface area contributed by atoms with Crippen LogP contribution in [-0.4, -0.2) is 11.5 Å². The molecule has 3 nitrogen and oxygen atoms in total. The Kier molecular flexibility index (Phi) is 5.20. The fraction of sp³-hybridized carbons (Fsp3) is 0.389. The quantitative estimate of drug-likeness (QED) is 0.853. The van der Waals surface area contributed by atoms with E-state index in [0.717, 1.165) is 30.1 Å². The second-order valence-electron chi connectivity index (χ2n) is 5.48. The van der Waals surface area contributed by atoms with Crippen molar-refractivity contribution in [3.8, 4) is 5.75 Å². The lowest BCUT2D eigenvalue weighted by Gasteiger charge is -2.13. The molecule has 2 rings (SSSR count). The van der Waals surface area contributed by atoms with Gasteiger partial charge in [-0.05, 0) is 50.5 Å². The maximum Gasteiger partial charge on any atom is 0.130 e. The minimum atomic E-state index is 0.492. The van der Waals surface area contributed by atoms with Crippen LogP contribution in [-0.2, 0) is 6.61 Å². The van der Waals surface area contributed by atoms with Gasteiger partial charge in [0, 0.05) is 18.4 Å². The first-order valence-corrected chi connectivity index (χ1v) is 7.49. The monoisotopic (exact) mass is 284 g/mol. The fourth-order valence-electron chi connectivity index (χ4n) is 2.48. The molecule has 0 aliphatic rings. The predicted molar refractivity (Wildman–Crippen MR) is 88.0 cm³/mol. The zero-order valence-corrected chi connectivity index (χ0v) is 13.4. The van der Waals surface area contributed by atoms with Crippen molar-refractivity contribution >= 4 is 5.69 Å². The predicted octanol–water partition coefficient (Wildman–Crippen LogP) is 4.41. The summed E-state index contributed by atoms with van der Waals surface area (Å²) in [4.78, 5) is 4.37.